The summed E-state index contributed by atoms with van der Waals surface area (Å²) in [4.78, 5) is 24.2. The molecule has 6 heteroatoms. The standard InChI is InChI=1S/C18H12ClNO4/c19-11-5-7-12(8-6-11)20-10-9-14(21)16-17(22)13-3-1-2-4-15(13)24-18(16)23/h1-10,20,22H/b10-9+. The van der Waals surface area contributed by atoms with E-state index in [4.69, 9.17) is 16.0 Å². The van der Waals surface area contributed by atoms with Gasteiger partial charge in [0.05, 0.1) is 5.39 Å². The highest BCUT2D eigenvalue weighted by Crippen LogP contribution is 2.26. The summed E-state index contributed by atoms with van der Waals surface area (Å²) in [6.45, 7) is 0. The van der Waals surface area contributed by atoms with Crippen LogP contribution >= 0.6 is 11.6 Å². The number of hydrogen-bond acceptors (Lipinski definition) is 5. The average Bonchev–Trinajstić information content (AvgIpc) is 2.57. The van der Waals surface area contributed by atoms with Gasteiger partial charge in [0.25, 0.3) is 0 Å². The number of hydrogen-bond donors (Lipinski definition) is 2. The Bertz CT molecular complexity index is 990. The number of fused-ring (bicyclic) bond motifs is 1. The Morgan fingerprint density at radius 1 is 1.12 bits per heavy atom. The zero-order valence-corrected chi connectivity index (χ0v) is 13.1. The van der Waals surface area contributed by atoms with E-state index < -0.39 is 17.0 Å². The Hall–Kier alpha value is -3.05. The van der Waals surface area contributed by atoms with Gasteiger partial charge in [0.2, 0.25) is 0 Å². The quantitative estimate of drug-likeness (QED) is 0.426. The van der Waals surface area contributed by atoms with Crippen LogP contribution in [-0.4, -0.2) is 10.9 Å². The van der Waals surface area contributed by atoms with Gasteiger partial charge in [-0.25, -0.2) is 4.79 Å². The molecule has 0 aliphatic heterocycles. The average molecular weight is 342 g/mol. The van der Waals surface area contributed by atoms with Crippen molar-refractivity contribution in [3.63, 3.8) is 0 Å². The third-order valence-corrected chi connectivity index (χ3v) is 3.61. The van der Waals surface area contributed by atoms with Crippen LogP contribution in [0.15, 0.2) is 70.0 Å². The molecule has 0 amide bonds. The van der Waals surface area contributed by atoms with E-state index in [0.717, 1.165) is 11.8 Å². The van der Waals surface area contributed by atoms with Crippen molar-refractivity contribution in [2.24, 2.45) is 0 Å². The van der Waals surface area contributed by atoms with Crippen LogP contribution in [0.3, 0.4) is 0 Å². The molecule has 24 heavy (non-hydrogen) atoms. The lowest BCUT2D eigenvalue weighted by Gasteiger charge is -2.04. The first-order valence-electron chi connectivity index (χ1n) is 7.04. The fraction of sp³-hybridized carbons (Fsp3) is 0. The van der Waals surface area contributed by atoms with Crippen LogP contribution in [0.25, 0.3) is 11.0 Å². The minimum Gasteiger partial charge on any atom is -0.506 e. The zero-order valence-electron chi connectivity index (χ0n) is 12.3. The highest BCUT2D eigenvalue weighted by Gasteiger charge is 2.18. The van der Waals surface area contributed by atoms with Crippen molar-refractivity contribution >= 4 is 34.0 Å². The maximum absolute atomic E-state index is 12.2. The second-order valence-electron chi connectivity index (χ2n) is 4.96. The largest absolute Gasteiger partial charge is 0.506 e. The summed E-state index contributed by atoms with van der Waals surface area (Å²) >= 11 is 5.79. The van der Waals surface area contributed by atoms with Crippen molar-refractivity contribution in [1.29, 1.82) is 0 Å². The minimum atomic E-state index is -0.882. The summed E-state index contributed by atoms with van der Waals surface area (Å²) in [7, 11) is 0. The molecule has 0 aliphatic rings. The van der Waals surface area contributed by atoms with Gasteiger partial charge in [-0.15, -0.1) is 0 Å². The normalized spacial score (nSPS) is 11.0. The van der Waals surface area contributed by atoms with Crippen LogP contribution in [0.1, 0.15) is 10.4 Å². The molecule has 0 radical (unpaired) electrons. The molecule has 5 nitrogen and oxygen atoms in total. The van der Waals surface area contributed by atoms with Gasteiger partial charge in [-0.3, -0.25) is 4.79 Å². The van der Waals surface area contributed by atoms with Crippen LogP contribution in [-0.2, 0) is 0 Å². The molecular formula is C18H12ClNO4. The summed E-state index contributed by atoms with van der Waals surface area (Å²) < 4.78 is 5.07. The molecule has 0 atom stereocenters. The summed E-state index contributed by atoms with van der Waals surface area (Å²) in [5.41, 5.74) is -0.340. The van der Waals surface area contributed by atoms with Gasteiger partial charge in [0, 0.05) is 23.0 Å². The second-order valence-corrected chi connectivity index (χ2v) is 5.39. The third kappa shape index (κ3) is 3.16. The van der Waals surface area contributed by atoms with Crippen molar-refractivity contribution in [3.05, 3.63) is 81.8 Å². The molecule has 2 aromatic carbocycles. The number of anilines is 1. The molecule has 120 valence electrons. The molecule has 0 unspecified atom stereocenters. The van der Waals surface area contributed by atoms with Gasteiger partial charge in [-0.1, -0.05) is 23.7 Å². The van der Waals surface area contributed by atoms with Gasteiger partial charge in [-0.2, -0.15) is 0 Å². The Morgan fingerprint density at radius 2 is 1.83 bits per heavy atom. The number of nitrogens with one attached hydrogen (secondary N) is 1. The minimum absolute atomic E-state index is 0.222. The first-order chi connectivity index (χ1) is 11.6. The summed E-state index contributed by atoms with van der Waals surface area (Å²) in [5, 5.41) is 14.0. The molecule has 0 saturated carbocycles. The Kier molecular flexibility index (Phi) is 4.35. The topological polar surface area (TPSA) is 79.5 Å². The van der Waals surface area contributed by atoms with Crippen molar-refractivity contribution < 1.29 is 14.3 Å². The molecule has 0 saturated heterocycles. The van der Waals surface area contributed by atoms with Crippen LogP contribution < -0.4 is 10.9 Å². The Labute approximate surface area is 141 Å². The van der Waals surface area contributed by atoms with E-state index in [1.54, 1.807) is 48.5 Å². The van der Waals surface area contributed by atoms with Gasteiger partial charge in [-0.05, 0) is 36.4 Å². The van der Waals surface area contributed by atoms with Crippen LogP contribution in [0.2, 0.25) is 5.02 Å². The van der Waals surface area contributed by atoms with Crippen LogP contribution in [0.4, 0.5) is 5.69 Å². The highest BCUT2D eigenvalue weighted by atomic mass is 35.5. The van der Waals surface area contributed by atoms with Crippen LogP contribution in [0.5, 0.6) is 5.75 Å². The zero-order chi connectivity index (χ0) is 17.1. The van der Waals surface area contributed by atoms with Crippen molar-refractivity contribution in [3.8, 4) is 5.75 Å². The lowest BCUT2D eigenvalue weighted by atomic mass is 10.1. The first-order valence-corrected chi connectivity index (χ1v) is 7.42. The van der Waals surface area contributed by atoms with Gasteiger partial charge in [0.15, 0.2) is 5.78 Å². The molecule has 0 aliphatic carbocycles. The number of rotatable bonds is 4. The number of carbonyl (C=O) groups is 1. The van der Waals surface area contributed by atoms with E-state index in [-0.39, 0.29) is 11.3 Å². The van der Waals surface area contributed by atoms with Gasteiger partial charge < -0.3 is 14.8 Å². The number of allylic oxidation sites excluding steroid dienone is 1. The lowest BCUT2D eigenvalue weighted by molar-refractivity contribution is 0.104. The van der Waals surface area contributed by atoms with Gasteiger partial charge >= 0.3 is 5.63 Å². The molecule has 0 bridgehead atoms. The smallest absolute Gasteiger partial charge is 0.351 e. The van der Waals surface area contributed by atoms with Crippen molar-refractivity contribution in [1.82, 2.24) is 0 Å². The SMILES string of the molecule is O=C(/C=C/Nc1ccc(Cl)cc1)c1c(O)c2ccccc2oc1=O. The van der Waals surface area contributed by atoms with Gasteiger partial charge in [0.1, 0.15) is 16.9 Å². The molecule has 3 rings (SSSR count). The number of halogens is 1. The van der Waals surface area contributed by atoms with E-state index in [2.05, 4.69) is 5.32 Å². The summed E-state index contributed by atoms with van der Waals surface area (Å²) in [6.07, 6.45) is 2.52. The fourth-order valence-electron chi connectivity index (χ4n) is 2.19. The van der Waals surface area contributed by atoms with Crippen LogP contribution in [0, 0.1) is 0 Å². The number of benzene rings is 2. The van der Waals surface area contributed by atoms with E-state index in [0.29, 0.717) is 10.4 Å². The number of ketones is 1. The Morgan fingerprint density at radius 3 is 2.58 bits per heavy atom. The third-order valence-electron chi connectivity index (χ3n) is 3.36. The summed E-state index contributed by atoms with van der Waals surface area (Å²) in [6, 6.07) is 13.3. The molecule has 1 aromatic heterocycles. The maximum atomic E-state index is 12.2. The maximum Gasteiger partial charge on any atom is 0.351 e. The number of aromatic hydroxyl groups is 1. The number of para-hydroxylation sites is 1. The predicted octanol–water partition coefficient (Wildman–Crippen LogP) is 3.96. The molecule has 2 N–H and O–H groups in total. The fourth-order valence-corrected chi connectivity index (χ4v) is 2.32. The Balaban J connectivity index is 1.87. The van der Waals surface area contributed by atoms with E-state index >= 15 is 0 Å². The molecule has 1 heterocycles. The van der Waals surface area contributed by atoms with Crippen molar-refractivity contribution in [2.45, 2.75) is 0 Å². The second kappa shape index (κ2) is 6.60. The molecule has 3 aromatic rings. The highest BCUT2D eigenvalue weighted by molar-refractivity contribution is 6.30. The van der Waals surface area contributed by atoms with E-state index in [1.807, 2.05) is 0 Å². The van der Waals surface area contributed by atoms with Crippen molar-refractivity contribution in [2.75, 3.05) is 5.32 Å². The lowest BCUT2D eigenvalue weighted by Crippen LogP contribution is -2.13. The summed E-state index contributed by atoms with van der Waals surface area (Å²) in [5.74, 6) is -1.04. The monoisotopic (exact) mass is 341 g/mol. The first kappa shape index (κ1) is 15.8. The number of carbonyl (C=O) groups excluding carboxylic acids is 1. The molecule has 0 spiro atoms. The van der Waals surface area contributed by atoms with E-state index in [1.165, 1.54) is 6.20 Å². The van der Waals surface area contributed by atoms with E-state index in [9.17, 15) is 14.7 Å². The molecular weight excluding hydrogens is 330 g/mol. The molecule has 0 fully saturated rings. The predicted molar refractivity (Wildman–Crippen MR) is 92.7 cm³/mol.